The molecule has 112 valence electrons. The molecule has 1 aromatic carbocycles. The molecule has 0 N–H and O–H groups in total. The Balaban J connectivity index is 1.53. The van der Waals surface area contributed by atoms with Crippen molar-refractivity contribution in [1.29, 1.82) is 0 Å². The lowest BCUT2D eigenvalue weighted by molar-refractivity contribution is 0.356. The van der Waals surface area contributed by atoms with E-state index >= 15 is 0 Å². The molecule has 22 heavy (non-hydrogen) atoms. The van der Waals surface area contributed by atoms with Crippen molar-refractivity contribution in [2.45, 2.75) is 38.5 Å². The Morgan fingerprint density at radius 3 is 2.59 bits per heavy atom. The third-order valence-corrected chi connectivity index (χ3v) is 4.78. The summed E-state index contributed by atoms with van der Waals surface area (Å²) in [6.07, 6.45) is 14.0. The summed E-state index contributed by atoms with van der Waals surface area (Å²) in [4.78, 5) is 4.43. The van der Waals surface area contributed by atoms with Gasteiger partial charge in [-0.1, -0.05) is 56.4 Å². The first-order valence-corrected chi connectivity index (χ1v) is 8.27. The van der Waals surface area contributed by atoms with Crippen LogP contribution in [-0.4, -0.2) is 14.6 Å². The SMILES string of the molecule is c1cc2ncc(-c3ccc(CC4CCCCC4)cc3)cn2n1. The molecule has 1 aliphatic rings. The normalized spacial score (nSPS) is 16.2. The summed E-state index contributed by atoms with van der Waals surface area (Å²) >= 11 is 0. The predicted molar refractivity (Wildman–Crippen MR) is 88.7 cm³/mol. The van der Waals surface area contributed by atoms with Crippen molar-refractivity contribution >= 4 is 5.65 Å². The first-order chi connectivity index (χ1) is 10.9. The summed E-state index contributed by atoms with van der Waals surface area (Å²) in [5.41, 5.74) is 4.67. The Morgan fingerprint density at radius 1 is 0.955 bits per heavy atom. The van der Waals surface area contributed by atoms with Gasteiger partial charge in [-0.2, -0.15) is 5.10 Å². The van der Waals surface area contributed by atoms with Crippen molar-refractivity contribution in [2.24, 2.45) is 5.92 Å². The van der Waals surface area contributed by atoms with Crippen LogP contribution in [0.2, 0.25) is 0 Å². The number of nitrogens with zero attached hydrogens (tertiary/aromatic N) is 3. The summed E-state index contributed by atoms with van der Waals surface area (Å²) in [5, 5.41) is 4.25. The van der Waals surface area contributed by atoms with Gasteiger partial charge in [-0.25, -0.2) is 9.50 Å². The van der Waals surface area contributed by atoms with E-state index in [4.69, 9.17) is 0 Å². The first-order valence-electron chi connectivity index (χ1n) is 8.27. The van der Waals surface area contributed by atoms with Gasteiger partial charge in [0, 0.05) is 24.0 Å². The van der Waals surface area contributed by atoms with E-state index in [2.05, 4.69) is 34.3 Å². The molecule has 0 aliphatic heterocycles. The molecule has 0 unspecified atom stereocenters. The minimum atomic E-state index is 0.887. The third-order valence-electron chi connectivity index (χ3n) is 4.78. The molecule has 0 bridgehead atoms. The lowest BCUT2D eigenvalue weighted by Gasteiger charge is -2.21. The zero-order valence-corrected chi connectivity index (χ0v) is 12.8. The summed E-state index contributed by atoms with van der Waals surface area (Å²) in [6, 6.07) is 10.9. The molecule has 1 fully saturated rings. The number of hydrogen-bond acceptors (Lipinski definition) is 2. The fraction of sp³-hybridized carbons (Fsp3) is 0.368. The van der Waals surface area contributed by atoms with E-state index in [1.54, 1.807) is 6.20 Å². The molecule has 3 heteroatoms. The molecule has 3 nitrogen and oxygen atoms in total. The van der Waals surface area contributed by atoms with Crippen LogP contribution in [0.3, 0.4) is 0 Å². The van der Waals surface area contributed by atoms with Gasteiger partial charge in [0.1, 0.15) is 0 Å². The maximum atomic E-state index is 4.43. The Labute approximate surface area is 131 Å². The molecule has 0 radical (unpaired) electrons. The van der Waals surface area contributed by atoms with Crippen molar-refractivity contribution in [1.82, 2.24) is 14.6 Å². The van der Waals surface area contributed by atoms with Crippen LogP contribution in [0.1, 0.15) is 37.7 Å². The molecular formula is C19H21N3. The van der Waals surface area contributed by atoms with Crippen molar-refractivity contribution in [3.8, 4) is 11.1 Å². The van der Waals surface area contributed by atoms with Crippen molar-refractivity contribution < 1.29 is 0 Å². The lowest BCUT2D eigenvalue weighted by atomic mass is 9.85. The quantitative estimate of drug-likeness (QED) is 0.710. The Kier molecular flexibility index (Phi) is 3.63. The van der Waals surface area contributed by atoms with Crippen LogP contribution in [0.25, 0.3) is 16.8 Å². The van der Waals surface area contributed by atoms with Gasteiger partial charge in [0.05, 0.1) is 6.20 Å². The van der Waals surface area contributed by atoms with Crippen LogP contribution in [0, 0.1) is 5.92 Å². The van der Waals surface area contributed by atoms with Gasteiger partial charge in [0.25, 0.3) is 0 Å². The number of aromatic nitrogens is 3. The molecule has 2 heterocycles. The van der Waals surface area contributed by atoms with Gasteiger partial charge in [0.15, 0.2) is 5.65 Å². The second-order valence-corrected chi connectivity index (χ2v) is 6.38. The zero-order chi connectivity index (χ0) is 14.8. The zero-order valence-electron chi connectivity index (χ0n) is 12.8. The van der Waals surface area contributed by atoms with Crippen LogP contribution >= 0.6 is 0 Å². The third kappa shape index (κ3) is 2.76. The van der Waals surface area contributed by atoms with Gasteiger partial charge in [0.2, 0.25) is 0 Å². The Bertz CT molecular complexity index is 752. The predicted octanol–water partition coefficient (Wildman–Crippen LogP) is 4.52. The molecule has 0 atom stereocenters. The fourth-order valence-corrected chi connectivity index (χ4v) is 3.52. The average Bonchev–Trinajstić information content (AvgIpc) is 3.04. The Morgan fingerprint density at radius 2 is 1.77 bits per heavy atom. The number of benzene rings is 1. The van der Waals surface area contributed by atoms with Crippen LogP contribution in [-0.2, 0) is 6.42 Å². The van der Waals surface area contributed by atoms with Crippen molar-refractivity contribution in [3.05, 3.63) is 54.5 Å². The molecule has 0 amide bonds. The highest BCUT2D eigenvalue weighted by Crippen LogP contribution is 2.27. The lowest BCUT2D eigenvalue weighted by Crippen LogP contribution is -2.09. The molecule has 2 aromatic heterocycles. The highest BCUT2D eigenvalue weighted by molar-refractivity contribution is 5.63. The van der Waals surface area contributed by atoms with Crippen molar-refractivity contribution in [2.75, 3.05) is 0 Å². The second-order valence-electron chi connectivity index (χ2n) is 6.38. The summed E-state index contributed by atoms with van der Waals surface area (Å²) < 4.78 is 1.82. The fourth-order valence-electron chi connectivity index (χ4n) is 3.52. The van der Waals surface area contributed by atoms with E-state index in [-0.39, 0.29) is 0 Å². The number of rotatable bonds is 3. The molecule has 4 rings (SSSR count). The summed E-state index contributed by atoms with van der Waals surface area (Å²) in [7, 11) is 0. The van der Waals surface area contributed by atoms with E-state index in [1.165, 1.54) is 49.7 Å². The van der Waals surface area contributed by atoms with E-state index in [1.807, 2.05) is 23.0 Å². The minimum Gasteiger partial charge on any atom is -0.236 e. The van der Waals surface area contributed by atoms with E-state index < -0.39 is 0 Å². The largest absolute Gasteiger partial charge is 0.236 e. The highest BCUT2D eigenvalue weighted by Gasteiger charge is 2.13. The maximum absolute atomic E-state index is 4.43. The summed E-state index contributed by atoms with van der Waals surface area (Å²) in [5.74, 6) is 0.890. The monoisotopic (exact) mass is 291 g/mol. The van der Waals surface area contributed by atoms with E-state index in [0.717, 1.165) is 17.1 Å². The molecule has 3 aromatic rings. The number of hydrogen-bond donors (Lipinski definition) is 0. The first kappa shape index (κ1) is 13.5. The topological polar surface area (TPSA) is 30.2 Å². The number of fused-ring (bicyclic) bond motifs is 1. The van der Waals surface area contributed by atoms with Gasteiger partial charge >= 0.3 is 0 Å². The summed E-state index contributed by atoms with van der Waals surface area (Å²) in [6.45, 7) is 0. The van der Waals surface area contributed by atoms with Crippen LogP contribution < -0.4 is 0 Å². The van der Waals surface area contributed by atoms with Crippen LogP contribution in [0.5, 0.6) is 0 Å². The van der Waals surface area contributed by atoms with Gasteiger partial charge < -0.3 is 0 Å². The Hall–Kier alpha value is -2.16. The molecule has 0 saturated heterocycles. The highest BCUT2D eigenvalue weighted by atomic mass is 15.2. The van der Waals surface area contributed by atoms with E-state index in [0.29, 0.717) is 0 Å². The maximum Gasteiger partial charge on any atom is 0.154 e. The molecule has 0 spiro atoms. The van der Waals surface area contributed by atoms with E-state index in [9.17, 15) is 0 Å². The van der Waals surface area contributed by atoms with Crippen LogP contribution in [0.15, 0.2) is 48.9 Å². The van der Waals surface area contributed by atoms with Crippen LogP contribution in [0.4, 0.5) is 0 Å². The van der Waals surface area contributed by atoms with Gasteiger partial charge in [-0.05, 0) is 23.5 Å². The second kappa shape index (κ2) is 5.91. The standard InChI is InChI=1S/C19H21N3/c1-2-4-15(5-3-1)12-16-6-8-17(9-7-16)18-13-20-19-10-11-21-22(19)14-18/h6-11,13-15H,1-5,12H2. The molecular weight excluding hydrogens is 270 g/mol. The van der Waals surface area contributed by atoms with Gasteiger partial charge in [-0.15, -0.1) is 0 Å². The molecule has 1 aliphatic carbocycles. The smallest absolute Gasteiger partial charge is 0.154 e. The average molecular weight is 291 g/mol. The minimum absolute atomic E-state index is 0.887. The molecule has 1 saturated carbocycles. The van der Waals surface area contributed by atoms with Gasteiger partial charge in [-0.3, -0.25) is 0 Å². The van der Waals surface area contributed by atoms with Crippen molar-refractivity contribution in [3.63, 3.8) is 0 Å².